The Kier molecular flexibility index (Phi) is 5.20. The van der Waals surface area contributed by atoms with E-state index in [1.54, 1.807) is 25.3 Å². The lowest BCUT2D eigenvalue weighted by Gasteiger charge is -2.24. The smallest absolute Gasteiger partial charge is 0.488 e. The quantitative estimate of drug-likeness (QED) is 0.744. The highest BCUT2D eigenvalue weighted by atomic mass is 16.5. The van der Waals surface area contributed by atoms with Gasteiger partial charge in [0.05, 0.1) is 19.3 Å². The van der Waals surface area contributed by atoms with Crippen molar-refractivity contribution < 1.29 is 19.5 Å². The van der Waals surface area contributed by atoms with Crippen molar-refractivity contribution in [2.75, 3.05) is 7.11 Å². The summed E-state index contributed by atoms with van der Waals surface area (Å²) in [7, 11) is 0.104. The molecule has 0 aromatic heterocycles. The molecule has 0 saturated carbocycles. The molecule has 0 spiro atoms. The van der Waals surface area contributed by atoms with Crippen LogP contribution < -0.4 is 10.2 Å². The fourth-order valence-corrected chi connectivity index (χ4v) is 1.45. The van der Waals surface area contributed by atoms with Crippen LogP contribution in [0.15, 0.2) is 18.2 Å². The fourth-order valence-electron chi connectivity index (χ4n) is 1.45. The van der Waals surface area contributed by atoms with Crippen molar-refractivity contribution in [2.45, 2.75) is 39.4 Å². The first kappa shape index (κ1) is 15.0. The summed E-state index contributed by atoms with van der Waals surface area (Å²) in [6.45, 7) is 6.48. The molecule has 1 aromatic carbocycles. The van der Waals surface area contributed by atoms with Gasteiger partial charge in [0, 0.05) is 5.56 Å². The van der Waals surface area contributed by atoms with Gasteiger partial charge in [0.15, 0.2) is 0 Å². The summed E-state index contributed by atoms with van der Waals surface area (Å²) in [6.07, 6.45) is 0.900. The first-order chi connectivity index (χ1) is 8.39. The molecule has 1 rings (SSSR count). The molecular weight excluding hydrogens is 231 g/mol. The van der Waals surface area contributed by atoms with Crippen molar-refractivity contribution in [3.8, 4) is 5.75 Å². The minimum Gasteiger partial charge on any atom is -0.496 e. The number of hydrogen-bond donors (Lipinski definition) is 2. The van der Waals surface area contributed by atoms with Crippen molar-refractivity contribution in [1.82, 2.24) is 0 Å². The van der Waals surface area contributed by atoms with Crippen LogP contribution in [0, 0.1) is 0 Å². The van der Waals surface area contributed by atoms with Gasteiger partial charge < -0.3 is 19.5 Å². The van der Waals surface area contributed by atoms with Crippen LogP contribution in [0.4, 0.5) is 0 Å². The molecule has 1 aromatic rings. The van der Waals surface area contributed by atoms with Gasteiger partial charge in [-0.15, -0.1) is 0 Å². The van der Waals surface area contributed by atoms with Crippen LogP contribution in [-0.4, -0.2) is 29.9 Å². The highest BCUT2D eigenvalue weighted by Gasteiger charge is 2.18. The molecule has 0 bridgehead atoms. The maximum atomic E-state index is 9.16. The van der Waals surface area contributed by atoms with Gasteiger partial charge in [-0.05, 0) is 31.8 Å². The zero-order chi connectivity index (χ0) is 13.8. The first-order valence-electron chi connectivity index (χ1n) is 6.06. The molecule has 0 aliphatic heterocycles. The number of methoxy groups -OCH3 is 1. The lowest BCUT2D eigenvalue weighted by molar-refractivity contribution is -0.0322. The van der Waals surface area contributed by atoms with E-state index in [1.165, 1.54) is 0 Å². The van der Waals surface area contributed by atoms with Gasteiger partial charge in [0.1, 0.15) is 5.75 Å². The van der Waals surface area contributed by atoms with E-state index in [9.17, 15) is 0 Å². The molecule has 18 heavy (non-hydrogen) atoms. The molecule has 4 nitrogen and oxygen atoms in total. The maximum absolute atomic E-state index is 9.16. The Balaban J connectivity index is 2.88. The van der Waals surface area contributed by atoms with Crippen molar-refractivity contribution in [1.29, 1.82) is 0 Å². The zero-order valence-electron chi connectivity index (χ0n) is 11.4. The Hall–Kier alpha value is -1.04. The van der Waals surface area contributed by atoms with Crippen molar-refractivity contribution in [3.05, 3.63) is 23.8 Å². The van der Waals surface area contributed by atoms with Gasteiger partial charge >= 0.3 is 7.12 Å². The van der Waals surface area contributed by atoms with Crippen LogP contribution in [0.1, 0.15) is 32.8 Å². The SMILES string of the molecule is CCC(C)(C)OCc1cc(B(O)O)ccc1OC. The van der Waals surface area contributed by atoms with Gasteiger partial charge in [-0.3, -0.25) is 0 Å². The molecule has 0 radical (unpaired) electrons. The van der Waals surface area contributed by atoms with Gasteiger partial charge in [-0.2, -0.15) is 0 Å². The molecule has 5 heteroatoms. The van der Waals surface area contributed by atoms with E-state index in [1.807, 2.05) is 13.8 Å². The molecule has 2 N–H and O–H groups in total. The minimum atomic E-state index is -1.48. The third kappa shape index (κ3) is 4.01. The van der Waals surface area contributed by atoms with E-state index in [2.05, 4.69) is 6.92 Å². The fraction of sp³-hybridized carbons (Fsp3) is 0.538. The Morgan fingerprint density at radius 1 is 1.28 bits per heavy atom. The number of benzene rings is 1. The molecular formula is C13H21BO4. The van der Waals surface area contributed by atoms with E-state index in [-0.39, 0.29) is 5.60 Å². The normalized spacial score (nSPS) is 11.4. The van der Waals surface area contributed by atoms with Gasteiger partial charge in [-0.1, -0.05) is 19.1 Å². The Morgan fingerprint density at radius 2 is 1.94 bits per heavy atom. The monoisotopic (exact) mass is 252 g/mol. The Labute approximate surface area is 109 Å². The largest absolute Gasteiger partial charge is 0.496 e. The second-order valence-electron chi connectivity index (χ2n) is 4.85. The highest BCUT2D eigenvalue weighted by Crippen LogP contribution is 2.22. The summed E-state index contributed by atoms with van der Waals surface area (Å²) in [5, 5.41) is 18.3. The van der Waals surface area contributed by atoms with Crippen molar-refractivity contribution in [3.63, 3.8) is 0 Å². The van der Waals surface area contributed by atoms with Crippen molar-refractivity contribution in [2.24, 2.45) is 0 Å². The lowest BCUT2D eigenvalue weighted by atomic mass is 9.79. The molecule has 0 atom stereocenters. The number of hydrogen-bond acceptors (Lipinski definition) is 4. The summed E-state index contributed by atoms with van der Waals surface area (Å²) < 4.78 is 11.0. The highest BCUT2D eigenvalue weighted by molar-refractivity contribution is 6.58. The molecule has 0 fully saturated rings. The van der Waals surface area contributed by atoms with Crippen LogP contribution in [0.3, 0.4) is 0 Å². The minimum absolute atomic E-state index is 0.209. The van der Waals surface area contributed by atoms with Gasteiger partial charge in [0.2, 0.25) is 0 Å². The predicted octanol–water partition coefficient (Wildman–Crippen LogP) is 1.08. The van der Waals surface area contributed by atoms with E-state index < -0.39 is 7.12 Å². The van der Waals surface area contributed by atoms with E-state index in [0.29, 0.717) is 17.8 Å². The predicted molar refractivity (Wildman–Crippen MR) is 72.0 cm³/mol. The Bertz CT molecular complexity index is 391. The van der Waals surface area contributed by atoms with Gasteiger partial charge in [-0.25, -0.2) is 0 Å². The van der Waals surface area contributed by atoms with Crippen LogP contribution in [0.25, 0.3) is 0 Å². The maximum Gasteiger partial charge on any atom is 0.488 e. The van der Waals surface area contributed by atoms with Crippen LogP contribution in [-0.2, 0) is 11.3 Å². The van der Waals surface area contributed by atoms with Gasteiger partial charge in [0.25, 0.3) is 0 Å². The van der Waals surface area contributed by atoms with Crippen molar-refractivity contribution >= 4 is 12.6 Å². The lowest BCUT2D eigenvalue weighted by Crippen LogP contribution is -2.30. The second kappa shape index (κ2) is 6.23. The molecule has 0 heterocycles. The molecule has 100 valence electrons. The number of ether oxygens (including phenoxy) is 2. The third-order valence-electron chi connectivity index (χ3n) is 3.07. The summed E-state index contributed by atoms with van der Waals surface area (Å²) in [4.78, 5) is 0. The molecule has 0 saturated heterocycles. The summed E-state index contributed by atoms with van der Waals surface area (Å²) in [5.41, 5.74) is 1.03. The topological polar surface area (TPSA) is 58.9 Å². The zero-order valence-corrected chi connectivity index (χ0v) is 11.4. The molecule has 0 amide bonds. The average Bonchev–Trinajstić information content (AvgIpc) is 2.36. The van der Waals surface area contributed by atoms with E-state index >= 15 is 0 Å². The van der Waals surface area contributed by atoms with Crippen LogP contribution in [0.2, 0.25) is 0 Å². The molecule has 0 aliphatic rings. The van der Waals surface area contributed by atoms with Crippen LogP contribution in [0.5, 0.6) is 5.75 Å². The Morgan fingerprint density at radius 3 is 2.44 bits per heavy atom. The third-order valence-corrected chi connectivity index (χ3v) is 3.07. The second-order valence-corrected chi connectivity index (χ2v) is 4.85. The van der Waals surface area contributed by atoms with E-state index in [4.69, 9.17) is 19.5 Å². The first-order valence-corrected chi connectivity index (χ1v) is 6.06. The average molecular weight is 252 g/mol. The molecule has 0 unspecified atom stereocenters. The summed E-state index contributed by atoms with van der Waals surface area (Å²) in [5.74, 6) is 0.686. The summed E-state index contributed by atoms with van der Waals surface area (Å²) in [6, 6.07) is 5.03. The molecule has 0 aliphatic carbocycles. The number of rotatable bonds is 6. The van der Waals surface area contributed by atoms with E-state index in [0.717, 1.165) is 12.0 Å². The standard InChI is InChI=1S/C13H21BO4/c1-5-13(2,3)18-9-10-8-11(14(15)16)6-7-12(10)17-4/h6-8,15-16H,5,9H2,1-4H3. The summed E-state index contributed by atoms with van der Waals surface area (Å²) >= 11 is 0. The van der Waals surface area contributed by atoms with Crippen LogP contribution >= 0.6 is 0 Å².